The molecule has 10 heteroatoms. The van der Waals surface area contributed by atoms with Crippen molar-refractivity contribution in [1.29, 1.82) is 0 Å². The van der Waals surface area contributed by atoms with Crippen molar-refractivity contribution in [2.45, 2.75) is 51.0 Å². The molecule has 2 unspecified atom stereocenters. The van der Waals surface area contributed by atoms with Gasteiger partial charge in [-0.05, 0) is 48.2 Å². The van der Waals surface area contributed by atoms with Crippen LogP contribution in [0.1, 0.15) is 57.5 Å². The third-order valence-corrected chi connectivity index (χ3v) is 6.37. The summed E-state index contributed by atoms with van der Waals surface area (Å²) < 4.78 is 9.40. The van der Waals surface area contributed by atoms with Crippen molar-refractivity contribution < 1.29 is 38.3 Å². The molecule has 2 atom stereocenters. The minimum Gasteiger partial charge on any atom is -0.465 e. The van der Waals surface area contributed by atoms with Crippen LogP contribution in [0, 0.1) is 0 Å². The maximum Gasteiger partial charge on any atom is 0.338 e. The zero-order valence-electron chi connectivity index (χ0n) is 20.2. The Balaban J connectivity index is 1.41. The molecule has 190 valence electrons. The van der Waals surface area contributed by atoms with Crippen LogP contribution >= 0.6 is 0 Å². The number of fused-ring (bicyclic) bond motifs is 1. The van der Waals surface area contributed by atoms with Crippen LogP contribution in [0.15, 0.2) is 48.5 Å². The maximum absolute atomic E-state index is 13.0. The van der Waals surface area contributed by atoms with Crippen molar-refractivity contribution in [3.63, 3.8) is 0 Å². The molecule has 2 aromatic carbocycles. The van der Waals surface area contributed by atoms with Crippen molar-refractivity contribution in [2.24, 2.45) is 0 Å². The standard InChI is InChI=1S/C26H28N2O8/c1-33-25(31)19-11-7-17(8-12-19)15-35-27-21-5-3-4-6-22(21)28(24(30)23(27)29)36-16-18-9-13-20(14-10-18)26(32)34-2/h7-14,21-22H,3-6,15-16H2,1-2H3. The summed E-state index contributed by atoms with van der Waals surface area (Å²) >= 11 is 0. The minimum absolute atomic E-state index is 0.0666. The van der Waals surface area contributed by atoms with Crippen LogP contribution in [0.4, 0.5) is 0 Å². The summed E-state index contributed by atoms with van der Waals surface area (Å²) in [5, 5.41) is 2.37. The van der Waals surface area contributed by atoms with Crippen molar-refractivity contribution in [1.82, 2.24) is 10.1 Å². The number of carbonyl (C=O) groups excluding carboxylic acids is 4. The molecule has 2 aliphatic rings. The lowest BCUT2D eigenvalue weighted by Crippen LogP contribution is -2.65. The van der Waals surface area contributed by atoms with Gasteiger partial charge in [0.1, 0.15) is 13.2 Å². The van der Waals surface area contributed by atoms with Crippen LogP contribution in [0.3, 0.4) is 0 Å². The number of hydrogen-bond acceptors (Lipinski definition) is 8. The molecule has 0 bridgehead atoms. The second-order valence-corrected chi connectivity index (χ2v) is 8.60. The number of piperazine rings is 1. The molecule has 1 heterocycles. The van der Waals surface area contributed by atoms with E-state index in [2.05, 4.69) is 0 Å². The molecule has 2 amide bonds. The van der Waals surface area contributed by atoms with Crippen LogP contribution in [0.5, 0.6) is 0 Å². The van der Waals surface area contributed by atoms with Gasteiger partial charge in [-0.15, -0.1) is 0 Å². The van der Waals surface area contributed by atoms with Crippen LogP contribution in [0.2, 0.25) is 0 Å². The van der Waals surface area contributed by atoms with Gasteiger partial charge in [0, 0.05) is 0 Å². The summed E-state index contributed by atoms with van der Waals surface area (Å²) in [4.78, 5) is 60.8. The fourth-order valence-electron chi connectivity index (χ4n) is 4.44. The molecule has 0 N–H and O–H groups in total. The Morgan fingerprint density at radius 3 is 1.39 bits per heavy atom. The molecule has 2 aromatic rings. The van der Waals surface area contributed by atoms with Gasteiger partial charge in [-0.25, -0.2) is 19.7 Å². The third-order valence-electron chi connectivity index (χ3n) is 6.37. The third kappa shape index (κ3) is 5.39. The largest absolute Gasteiger partial charge is 0.465 e. The lowest BCUT2D eigenvalue weighted by molar-refractivity contribution is -0.270. The van der Waals surface area contributed by atoms with Gasteiger partial charge in [0.05, 0.1) is 37.4 Å². The molecule has 4 rings (SSSR count). The Morgan fingerprint density at radius 2 is 1.06 bits per heavy atom. The highest BCUT2D eigenvalue weighted by Gasteiger charge is 2.49. The normalized spacial score (nSPS) is 19.6. The van der Waals surface area contributed by atoms with E-state index in [0.717, 1.165) is 24.0 Å². The number of rotatable bonds is 8. The molecule has 0 spiro atoms. The van der Waals surface area contributed by atoms with Crippen molar-refractivity contribution >= 4 is 23.8 Å². The van der Waals surface area contributed by atoms with Gasteiger partial charge in [-0.1, -0.05) is 37.1 Å². The zero-order valence-corrected chi connectivity index (χ0v) is 20.2. The number of methoxy groups -OCH3 is 2. The van der Waals surface area contributed by atoms with E-state index in [0.29, 0.717) is 24.0 Å². The number of ether oxygens (including phenoxy) is 2. The molecule has 1 aliphatic heterocycles. The minimum atomic E-state index is -0.787. The number of hydroxylamine groups is 4. The first-order valence-corrected chi connectivity index (χ1v) is 11.7. The van der Waals surface area contributed by atoms with E-state index >= 15 is 0 Å². The molecular weight excluding hydrogens is 468 g/mol. The highest BCUT2D eigenvalue weighted by atomic mass is 16.7. The summed E-state index contributed by atoms with van der Waals surface area (Å²) in [5.41, 5.74) is 2.30. The van der Waals surface area contributed by atoms with Crippen LogP contribution in [-0.4, -0.2) is 60.2 Å². The van der Waals surface area contributed by atoms with E-state index in [1.807, 2.05) is 0 Å². The predicted octanol–water partition coefficient (Wildman–Crippen LogP) is 2.81. The van der Waals surface area contributed by atoms with Crippen molar-refractivity contribution in [3.05, 3.63) is 70.8 Å². The number of carbonyl (C=O) groups is 4. The molecule has 1 saturated carbocycles. The summed E-state index contributed by atoms with van der Waals surface area (Å²) in [6.07, 6.45) is 3.16. The average Bonchev–Trinajstić information content (AvgIpc) is 2.93. The van der Waals surface area contributed by atoms with Crippen LogP contribution in [0.25, 0.3) is 0 Å². The maximum atomic E-state index is 13.0. The Hall–Kier alpha value is -3.76. The lowest BCUT2D eigenvalue weighted by Gasteiger charge is -2.46. The Morgan fingerprint density at radius 1 is 0.694 bits per heavy atom. The number of nitrogens with zero attached hydrogens (tertiary/aromatic N) is 2. The fourth-order valence-corrected chi connectivity index (χ4v) is 4.44. The summed E-state index contributed by atoms with van der Waals surface area (Å²) in [6, 6.07) is 12.6. The van der Waals surface area contributed by atoms with Gasteiger partial charge in [-0.2, -0.15) is 0 Å². The average molecular weight is 497 g/mol. The van der Waals surface area contributed by atoms with Crippen molar-refractivity contribution in [2.75, 3.05) is 14.2 Å². The van der Waals surface area contributed by atoms with Gasteiger partial charge in [-0.3, -0.25) is 19.3 Å². The molecule has 10 nitrogen and oxygen atoms in total. The monoisotopic (exact) mass is 496 g/mol. The van der Waals surface area contributed by atoms with Gasteiger partial charge in [0.2, 0.25) is 0 Å². The molecule has 36 heavy (non-hydrogen) atoms. The van der Waals surface area contributed by atoms with E-state index in [9.17, 15) is 19.2 Å². The van der Waals surface area contributed by atoms with Gasteiger partial charge >= 0.3 is 23.8 Å². The van der Waals surface area contributed by atoms with Crippen LogP contribution in [-0.2, 0) is 42.0 Å². The highest BCUT2D eigenvalue weighted by Crippen LogP contribution is 2.32. The topological polar surface area (TPSA) is 112 Å². The second kappa shape index (κ2) is 11.3. The Bertz CT molecular complexity index is 1030. The van der Waals surface area contributed by atoms with E-state index in [1.165, 1.54) is 24.3 Å². The highest BCUT2D eigenvalue weighted by molar-refractivity contribution is 6.35. The van der Waals surface area contributed by atoms with Crippen molar-refractivity contribution in [3.8, 4) is 0 Å². The quantitative estimate of drug-likeness (QED) is 0.405. The summed E-state index contributed by atoms with van der Waals surface area (Å²) in [7, 11) is 2.62. The molecular formula is C26H28N2O8. The summed E-state index contributed by atoms with van der Waals surface area (Å²) in [6.45, 7) is 0.133. The first-order valence-electron chi connectivity index (χ1n) is 11.7. The molecule has 1 aliphatic carbocycles. The predicted molar refractivity (Wildman–Crippen MR) is 125 cm³/mol. The lowest BCUT2D eigenvalue weighted by atomic mass is 9.88. The molecule has 0 aromatic heterocycles. The number of amides is 2. The van der Waals surface area contributed by atoms with Gasteiger partial charge in [0.15, 0.2) is 0 Å². The number of benzene rings is 2. The van der Waals surface area contributed by atoms with Gasteiger partial charge < -0.3 is 9.47 Å². The summed E-state index contributed by atoms with van der Waals surface area (Å²) in [5.74, 6) is -2.46. The van der Waals surface area contributed by atoms with E-state index < -0.39 is 23.8 Å². The first-order chi connectivity index (χ1) is 17.4. The van der Waals surface area contributed by atoms with E-state index in [-0.39, 0.29) is 25.3 Å². The first kappa shape index (κ1) is 25.3. The number of hydrogen-bond donors (Lipinski definition) is 0. The van der Waals surface area contributed by atoms with E-state index in [4.69, 9.17) is 19.1 Å². The fraction of sp³-hybridized carbons (Fsp3) is 0.385. The Kier molecular flexibility index (Phi) is 7.97. The second-order valence-electron chi connectivity index (χ2n) is 8.60. The smallest absolute Gasteiger partial charge is 0.338 e. The molecule has 1 saturated heterocycles. The number of esters is 2. The zero-order chi connectivity index (χ0) is 25.7. The van der Waals surface area contributed by atoms with Crippen LogP contribution < -0.4 is 0 Å². The van der Waals surface area contributed by atoms with E-state index in [1.54, 1.807) is 48.5 Å². The Labute approximate surface area is 208 Å². The van der Waals surface area contributed by atoms with Gasteiger partial charge in [0.25, 0.3) is 0 Å². The SMILES string of the molecule is COC(=O)c1ccc(CON2C(=O)C(=O)N(OCc3ccc(C(=O)OC)cc3)C3CCCCC32)cc1. The molecule has 0 radical (unpaired) electrons. The molecule has 2 fully saturated rings.